The molecule has 3 aromatic rings. The van der Waals surface area contributed by atoms with E-state index < -0.39 is 0 Å². The van der Waals surface area contributed by atoms with Gasteiger partial charge in [-0.15, -0.1) is 0 Å². The van der Waals surface area contributed by atoms with Crippen LogP contribution in [0.2, 0.25) is 5.02 Å². The van der Waals surface area contributed by atoms with E-state index in [2.05, 4.69) is 29.5 Å². The number of aryl methyl sites for hydroxylation is 2. The Hall–Kier alpha value is -2.00. The molecule has 0 bridgehead atoms. The van der Waals surface area contributed by atoms with Gasteiger partial charge in [0.25, 0.3) is 0 Å². The molecule has 114 valence electrons. The Labute approximate surface area is 135 Å². The van der Waals surface area contributed by atoms with Crippen LogP contribution in [0.25, 0.3) is 11.0 Å². The zero-order valence-electron chi connectivity index (χ0n) is 12.8. The van der Waals surface area contributed by atoms with Crippen LogP contribution in [0.3, 0.4) is 0 Å². The molecule has 0 radical (unpaired) electrons. The third kappa shape index (κ3) is 3.09. The number of benzene rings is 2. The molecule has 4 heteroatoms. The highest BCUT2D eigenvalue weighted by Crippen LogP contribution is 2.22. The zero-order chi connectivity index (χ0) is 15.5. The molecular weight excluding hydrogens is 296 g/mol. The van der Waals surface area contributed by atoms with Crippen molar-refractivity contribution in [3.8, 4) is 5.75 Å². The van der Waals surface area contributed by atoms with Gasteiger partial charge in [-0.3, -0.25) is 0 Å². The maximum Gasteiger partial charge on any atom is 0.147 e. The molecule has 0 saturated carbocycles. The van der Waals surface area contributed by atoms with E-state index in [0.29, 0.717) is 6.61 Å². The van der Waals surface area contributed by atoms with Gasteiger partial charge in [0.05, 0.1) is 11.0 Å². The second-order valence-electron chi connectivity index (χ2n) is 5.42. The molecule has 0 saturated heterocycles. The molecule has 3 rings (SSSR count). The predicted octanol–water partition coefficient (Wildman–Crippen LogP) is 4.99. The summed E-state index contributed by atoms with van der Waals surface area (Å²) in [5, 5.41) is 0.732. The summed E-state index contributed by atoms with van der Waals surface area (Å²) in [6.07, 6.45) is 1.04. The Morgan fingerprint density at radius 2 is 2.05 bits per heavy atom. The number of aromatic nitrogens is 2. The van der Waals surface area contributed by atoms with Gasteiger partial charge in [-0.1, -0.05) is 30.7 Å². The lowest BCUT2D eigenvalue weighted by Gasteiger charge is -2.10. The van der Waals surface area contributed by atoms with E-state index in [0.717, 1.165) is 40.6 Å². The third-order valence-corrected chi connectivity index (χ3v) is 3.83. The number of hydrogen-bond acceptors (Lipinski definition) is 2. The molecule has 3 nitrogen and oxygen atoms in total. The van der Waals surface area contributed by atoms with Crippen LogP contribution in [0.1, 0.15) is 24.7 Å². The van der Waals surface area contributed by atoms with Crippen LogP contribution in [0.4, 0.5) is 0 Å². The highest BCUT2D eigenvalue weighted by molar-refractivity contribution is 6.31. The summed E-state index contributed by atoms with van der Waals surface area (Å²) in [6, 6.07) is 13.9. The first-order chi connectivity index (χ1) is 10.7. The van der Waals surface area contributed by atoms with Crippen LogP contribution < -0.4 is 4.74 Å². The van der Waals surface area contributed by atoms with E-state index >= 15 is 0 Å². The summed E-state index contributed by atoms with van der Waals surface area (Å²) in [5.74, 6) is 1.80. The molecule has 1 aromatic heterocycles. The van der Waals surface area contributed by atoms with Crippen molar-refractivity contribution in [1.29, 1.82) is 0 Å². The molecule has 0 N–H and O–H groups in total. The second-order valence-corrected chi connectivity index (χ2v) is 5.85. The summed E-state index contributed by atoms with van der Waals surface area (Å²) in [5.41, 5.74) is 3.21. The van der Waals surface area contributed by atoms with Crippen molar-refractivity contribution in [3.63, 3.8) is 0 Å². The standard InChI is InChI=1S/C18H19ClN2O/c1-3-9-21-17-11-14(19)7-8-16(17)20-18(21)12-22-15-6-4-5-13(2)10-15/h4-8,10-11H,3,9,12H2,1-2H3. The number of ether oxygens (including phenoxy) is 1. The Bertz CT molecular complexity index is 795. The number of rotatable bonds is 5. The largest absolute Gasteiger partial charge is 0.486 e. The van der Waals surface area contributed by atoms with Crippen molar-refractivity contribution >= 4 is 22.6 Å². The monoisotopic (exact) mass is 314 g/mol. The third-order valence-electron chi connectivity index (χ3n) is 3.59. The number of hydrogen-bond donors (Lipinski definition) is 0. The van der Waals surface area contributed by atoms with E-state index in [1.54, 1.807) is 0 Å². The average molecular weight is 315 g/mol. The topological polar surface area (TPSA) is 27.1 Å². The molecule has 2 aromatic carbocycles. The van der Waals surface area contributed by atoms with Crippen LogP contribution >= 0.6 is 11.6 Å². The quantitative estimate of drug-likeness (QED) is 0.663. The Morgan fingerprint density at radius 3 is 2.82 bits per heavy atom. The first-order valence-corrected chi connectivity index (χ1v) is 7.89. The van der Waals surface area contributed by atoms with E-state index in [1.165, 1.54) is 5.56 Å². The van der Waals surface area contributed by atoms with Gasteiger partial charge in [0.15, 0.2) is 0 Å². The van der Waals surface area contributed by atoms with Crippen molar-refractivity contribution in [2.45, 2.75) is 33.4 Å². The van der Waals surface area contributed by atoms with Crippen molar-refractivity contribution < 1.29 is 4.74 Å². The molecule has 0 atom stereocenters. The van der Waals surface area contributed by atoms with Crippen LogP contribution in [-0.4, -0.2) is 9.55 Å². The lowest BCUT2D eigenvalue weighted by molar-refractivity contribution is 0.290. The van der Waals surface area contributed by atoms with Gasteiger partial charge in [-0.2, -0.15) is 0 Å². The number of imidazole rings is 1. The van der Waals surface area contributed by atoms with Gasteiger partial charge in [0, 0.05) is 11.6 Å². The van der Waals surface area contributed by atoms with E-state index in [4.69, 9.17) is 16.3 Å². The van der Waals surface area contributed by atoms with E-state index in [9.17, 15) is 0 Å². The average Bonchev–Trinajstić information content (AvgIpc) is 2.83. The molecule has 0 aliphatic rings. The van der Waals surface area contributed by atoms with Gasteiger partial charge in [-0.25, -0.2) is 4.98 Å². The summed E-state index contributed by atoms with van der Waals surface area (Å²) < 4.78 is 8.09. The van der Waals surface area contributed by atoms with Crippen LogP contribution in [0.15, 0.2) is 42.5 Å². The van der Waals surface area contributed by atoms with Crippen molar-refractivity contribution in [2.75, 3.05) is 0 Å². The van der Waals surface area contributed by atoms with Crippen LogP contribution in [0.5, 0.6) is 5.75 Å². The SMILES string of the molecule is CCCn1c(COc2cccc(C)c2)nc2ccc(Cl)cc21. The maximum absolute atomic E-state index is 6.12. The summed E-state index contributed by atoms with van der Waals surface area (Å²) in [6.45, 7) is 5.57. The minimum atomic E-state index is 0.454. The molecule has 0 aliphatic carbocycles. The molecule has 0 amide bonds. The fraction of sp³-hybridized carbons (Fsp3) is 0.278. The van der Waals surface area contributed by atoms with E-state index in [-0.39, 0.29) is 0 Å². The fourth-order valence-electron chi connectivity index (χ4n) is 2.58. The van der Waals surface area contributed by atoms with Gasteiger partial charge < -0.3 is 9.30 Å². The number of fused-ring (bicyclic) bond motifs is 1. The highest BCUT2D eigenvalue weighted by Gasteiger charge is 2.11. The lowest BCUT2D eigenvalue weighted by atomic mass is 10.2. The molecular formula is C18H19ClN2O. The number of nitrogens with zero attached hydrogens (tertiary/aromatic N) is 2. The van der Waals surface area contributed by atoms with Crippen molar-refractivity contribution in [1.82, 2.24) is 9.55 Å². The minimum absolute atomic E-state index is 0.454. The predicted molar refractivity (Wildman–Crippen MR) is 90.5 cm³/mol. The summed E-state index contributed by atoms with van der Waals surface area (Å²) in [4.78, 5) is 4.69. The molecule has 0 aliphatic heterocycles. The molecule has 0 spiro atoms. The zero-order valence-corrected chi connectivity index (χ0v) is 13.6. The first-order valence-electron chi connectivity index (χ1n) is 7.51. The molecule has 0 unspecified atom stereocenters. The van der Waals surface area contributed by atoms with Crippen LogP contribution in [-0.2, 0) is 13.2 Å². The molecule has 22 heavy (non-hydrogen) atoms. The fourth-order valence-corrected chi connectivity index (χ4v) is 2.75. The first kappa shape index (κ1) is 14.9. The minimum Gasteiger partial charge on any atom is -0.486 e. The number of halogens is 1. The van der Waals surface area contributed by atoms with Gasteiger partial charge in [-0.05, 0) is 49.2 Å². The Kier molecular flexibility index (Phi) is 4.34. The Morgan fingerprint density at radius 1 is 1.18 bits per heavy atom. The van der Waals surface area contributed by atoms with Crippen molar-refractivity contribution in [3.05, 3.63) is 58.9 Å². The highest BCUT2D eigenvalue weighted by atomic mass is 35.5. The van der Waals surface area contributed by atoms with Gasteiger partial charge >= 0.3 is 0 Å². The normalized spacial score (nSPS) is 11.0. The molecule has 1 heterocycles. The Balaban J connectivity index is 1.90. The second kappa shape index (κ2) is 6.41. The van der Waals surface area contributed by atoms with Gasteiger partial charge in [0.1, 0.15) is 18.2 Å². The maximum atomic E-state index is 6.12. The summed E-state index contributed by atoms with van der Waals surface area (Å²) in [7, 11) is 0. The smallest absolute Gasteiger partial charge is 0.147 e. The molecule has 0 fully saturated rings. The summed E-state index contributed by atoms with van der Waals surface area (Å²) >= 11 is 6.12. The van der Waals surface area contributed by atoms with E-state index in [1.807, 2.05) is 36.4 Å². The van der Waals surface area contributed by atoms with Crippen molar-refractivity contribution in [2.24, 2.45) is 0 Å². The van der Waals surface area contributed by atoms with Crippen LogP contribution in [0, 0.1) is 6.92 Å². The lowest BCUT2D eigenvalue weighted by Crippen LogP contribution is -2.07. The van der Waals surface area contributed by atoms with Gasteiger partial charge in [0.2, 0.25) is 0 Å².